The number of carbonyl (C=O) groups is 1. The number of hydrogen-bond donors (Lipinski definition) is 1. The van der Waals surface area contributed by atoms with Crippen molar-refractivity contribution in [1.82, 2.24) is 9.38 Å². The lowest BCUT2D eigenvalue weighted by atomic mass is 10.1. The lowest BCUT2D eigenvalue weighted by Gasteiger charge is -2.03. The van der Waals surface area contributed by atoms with Crippen LogP contribution in [0.15, 0.2) is 34.1 Å². The molecule has 0 atom stereocenters. The molecule has 2 heterocycles. The first kappa shape index (κ1) is 14.3. The molecule has 0 amide bonds. The molecule has 0 unspecified atom stereocenters. The molecule has 3 rings (SSSR count). The summed E-state index contributed by atoms with van der Waals surface area (Å²) in [5.74, 6) is -0.928. The maximum absolute atomic E-state index is 11.6. The van der Waals surface area contributed by atoms with Crippen molar-refractivity contribution in [2.45, 2.75) is 19.8 Å². The topological polar surface area (TPSA) is 54.6 Å². The smallest absolute Gasteiger partial charge is 0.354 e. The number of hydrogen-bond acceptors (Lipinski definition) is 3. The van der Waals surface area contributed by atoms with Gasteiger partial charge in [-0.1, -0.05) is 41.4 Å². The van der Waals surface area contributed by atoms with Crippen molar-refractivity contribution in [2.24, 2.45) is 0 Å². The van der Waals surface area contributed by atoms with Gasteiger partial charge in [0.05, 0.1) is 11.4 Å². The summed E-state index contributed by atoms with van der Waals surface area (Å²) in [7, 11) is 0. The zero-order chi connectivity index (χ0) is 15.0. The van der Waals surface area contributed by atoms with Crippen LogP contribution in [0.4, 0.5) is 0 Å². The summed E-state index contributed by atoms with van der Waals surface area (Å²) in [5, 5.41) is 11.5. The van der Waals surface area contributed by atoms with Crippen LogP contribution in [0.1, 0.15) is 29.5 Å². The maximum atomic E-state index is 11.6. The molecule has 0 saturated carbocycles. The molecular weight excluding hydrogens is 352 g/mol. The standard InChI is InChI=1S/C15H13BrN2O2S/c1-2-3-11-13(14(19)20)18-12(8-21-15(18)17-11)9-4-6-10(16)7-5-9/h4-8H,2-3H2,1H3,(H,19,20). The molecule has 4 nitrogen and oxygen atoms in total. The molecule has 0 aliphatic heterocycles. The van der Waals surface area contributed by atoms with E-state index in [1.165, 1.54) is 11.3 Å². The van der Waals surface area contributed by atoms with E-state index < -0.39 is 5.97 Å². The van der Waals surface area contributed by atoms with Crippen molar-refractivity contribution in [2.75, 3.05) is 0 Å². The predicted molar refractivity (Wildman–Crippen MR) is 87.2 cm³/mol. The largest absolute Gasteiger partial charge is 0.477 e. The molecule has 0 spiro atoms. The Morgan fingerprint density at radius 3 is 2.71 bits per heavy atom. The fourth-order valence-corrected chi connectivity index (χ4v) is 3.54. The van der Waals surface area contributed by atoms with Gasteiger partial charge < -0.3 is 5.11 Å². The third-order valence-corrected chi connectivity index (χ3v) is 4.62. The van der Waals surface area contributed by atoms with E-state index in [4.69, 9.17) is 0 Å². The molecule has 0 bridgehead atoms. The predicted octanol–water partition coefficient (Wildman–Crippen LogP) is 4.48. The summed E-state index contributed by atoms with van der Waals surface area (Å²) in [4.78, 5) is 16.9. The Morgan fingerprint density at radius 1 is 1.38 bits per heavy atom. The lowest BCUT2D eigenvalue weighted by molar-refractivity contribution is 0.0688. The van der Waals surface area contributed by atoms with Crippen molar-refractivity contribution >= 4 is 38.2 Å². The minimum atomic E-state index is -0.928. The number of halogens is 1. The van der Waals surface area contributed by atoms with Crippen LogP contribution in [-0.2, 0) is 6.42 Å². The molecule has 0 radical (unpaired) electrons. The summed E-state index contributed by atoms with van der Waals surface area (Å²) in [6.07, 6.45) is 1.55. The van der Waals surface area contributed by atoms with Crippen molar-refractivity contribution in [3.05, 3.63) is 45.5 Å². The average molecular weight is 365 g/mol. The third kappa shape index (κ3) is 2.49. The number of carboxylic acids is 1. The van der Waals surface area contributed by atoms with Gasteiger partial charge in [0.25, 0.3) is 0 Å². The van der Waals surface area contributed by atoms with Crippen LogP contribution in [0.2, 0.25) is 0 Å². The third-order valence-electron chi connectivity index (χ3n) is 3.27. The fourth-order valence-electron chi connectivity index (χ4n) is 2.35. The highest BCUT2D eigenvalue weighted by Crippen LogP contribution is 2.30. The first-order valence-electron chi connectivity index (χ1n) is 6.60. The van der Waals surface area contributed by atoms with E-state index in [0.717, 1.165) is 27.1 Å². The lowest BCUT2D eigenvalue weighted by Crippen LogP contribution is -2.06. The second-order valence-electron chi connectivity index (χ2n) is 4.71. The average Bonchev–Trinajstić information content (AvgIpc) is 2.98. The summed E-state index contributed by atoms with van der Waals surface area (Å²) in [6, 6.07) is 7.83. The summed E-state index contributed by atoms with van der Waals surface area (Å²) in [5.41, 5.74) is 2.79. The van der Waals surface area contributed by atoms with Gasteiger partial charge in [-0.3, -0.25) is 4.40 Å². The number of nitrogens with zero attached hydrogens (tertiary/aromatic N) is 2. The highest BCUT2D eigenvalue weighted by Gasteiger charge is 2.21. The Hall–Kier alpha value is -1.66. The van der Waals surface area contributed by atoms with Crippen molar-refractivity contribution in [3.8, 4) is 11.3 Å². The van der Waals surface area contributed by atoms with Gasteiger partial charge in [-0.15, -0.1) is 11.3 Å². The normalized spacial score (nSPS) is 11.1. The molecule has 108 valence electrons. The van der Waals surface area contributed by atoms with Crippen LogP contribution in [0.5, 0.6) is 0 Å². The minimum absolute atomic E-state index is 0.283. The second-order valence-corrected chi connectivity index (χ2v) is 6.46. The Kier molecular flexibility index (Phi) is 3.82. The van der Waals surface area contributed by atoms with Gasteiger partial charge in [0.1, 0.15) is 0 Å². The zero-order valence-electron chi connectivity index (χ0n) is 11.3. The minimum Gasteiger partial charge on any atom is -0.477 e. The van der Waals surface area contributed by atoms with Gasteiger partial charge in [-0.25, -0.2) is 9.78 Å². The highest BCUT2D eigenvalue weighted by atomic mass is 79.9. The van der Waals surface area contributed by atoms with E-state index in [0.29, 0.717) is 12.1 Å². The highest BCUT2D eigenvalue weighted by molar-refractivity contribution is 9.10. The summed E-state index contributed by atoms with van der Waals surface area (Å²) < 4.78 is 2.75. The number of imidazole rings is 1. The summed E-state index contributed by atoms with van der Waals surface area (Å²) >= 11 is 4.88. The molecule has 3 aromatic rings. The van der Waals surface area contributed by atoms with E-state index in [9.17, 15) is 9.90 Å². The number of carboxylic acid groups (broad SMARTS) is 1. The van der Waals surface area contributed by atoms with E-state index in [1.54, 1.807) is 4.40 Å². The quantitative estimate of drug-likeness (QED) is 0.742. The fraction of sp³-hybridized carbons (Fsp3) is 0.200. The van der Waals surface area contributed by atoms with Gasteiger partial charge >= 0.3 is 5.97 Å². The van der Waals surface area contributed by atoms with Crippen LogP contribution in [0, 0.1) is 0 Å². The van der Waals surface area contributed by atoms with Crippen molar-refractivity contribution in [1.29, 1.82) is 0 Å². The van der Waals surface area contributed by atoms with Gasteiger partial charge in [0.15, 0.2) is 10.7 Å². The molecule has 0 saturated heterocycles. The Morgan fingerprint density at radius 2 is 2.10 bits per heavy atom. The number of benzene rings is 1. The zero-order valence-corrected chi connectivity index (χ0v) is 13.7. The van der Waals surface area contributed by atoms with Crippen LogP contribution in [-0.4, -0.2) is 20.5 Å². The monoisotopic (exact) mass is 364 g/mol. The maximum Gasteiger partial charge on any atom is 0.354 e. The van der Waals surface area contributed by atoms with Gasteiger partial charge in [-0.2, -0.15) is 0 Å². The molecular formula is C15H13BrN2O2S. The van der Waals surface area contributed by atoms with Crippen LogP contribution >= 0.6 is 27.3 Å². The number of fused-ring (bicyclic) bond motifs is 1. The van der Waals surface area contributed by atoms with Crippen LogP contribution in [0.3, 0.4) is 0 Å². The SMILES string of the molecule is CCCc1nc2scc(-c3ccc(Br)cc3)n2c1C(=O)O. The van der Waals surface area contributed by atoms with Crippen LogP contribution in [0.25, 0.3) is 16.2 Å². The van der Waals surface area contributed by atoms with E-state index >= 15 is 0 Å². The second kappa shape index (κ2) is 5.61. The number of rotatable bonds is 4. The number of aromatic nitrogens is 2. The Balaban J connectivity index is 2.24. The summed E-state index contributed by atoms with van der Waals surface area (Å²) in [6.45, 7) is 2.02. The molecule has 1 N–H and O–H groups in total. The molecule has 0 aliphatic carbocycles. The van der Waals surface area contributed by atoms with Crippen LogP contribution < -0.4 is 0 Å². The Bertz CT molecular complexity index is 805. The molecule has 0 aliphatic rings. The number of aromatic carboxylic acids is 1. The molecule has 2 aromatic heterocycles. The van der Waals surface area contributed by atoms with Gasteiger partial charge in [0, 0.05) is 9.85 Å². The molecule has 6 heteroatoms. The number of thiazole rings is 1. The first-order valence-corrected chi connectivity index (χ1v) is 8.27. The van der Waals surface area contributed by atoms with Crippen molar-refractivity contribution in [3.63, 3.8) is 0 Å². The van der Waals surface area contributed by atoms with Gasteiger partial charge in [0.2, 0.25) is 0 Å². The first-order chi connectivity index (χ1) is 10.1. The molecule has 1 aromatic carbocycles. The molecule has 0 fully saturated rings. The van der Waals surface area contributed by atoms with E-state index in [-0.39, 0.29) is 5.69 Å². The van der Waals surface area contributed by atoms with Crippen molar-refractivity contribution < 1.29 is 9.90 Å². The van der Waals surface area contributed by atoms with E-state index in [2.05, 4.69) is 20.9 Å². The Labute approximate surface area is 134 Å². The van der Waals surface area contributed by atoms with Gasteiger partial charge in [-0.05, 0) is 24.1 Å². The van der Waals surface area contributed by atoms with E-state index in [1.807, 2.05) is 36.6 Å². The number of aryl methyl sites for hydroxylation is 1. The molecule has 21 heavy (non-hydrogen) atoms.